The number of methoxy groups -OCH3 is 2. The molecule has 0 N–H and O–H groups in total. The van der Waals surface area contributed by atoms with E-state index in [1.54, 1.807) is 0 Å². The van der Waals surface area contributed by atoms with Crippen molar-refractivity contribution in [2.24, 2.45) is 0 Å². The van der Waals surface area contributed by atoms with Gasteiger partial charge in [-0.15, -0.1) is 0 Å². The Bertz CT molecular complexity index is 321. The number of nitro groups is 2. The van der Waals surface area contributed by atoms with Crippen molar-refractivity contribution < 1.29 is 28.9 Å². The van der Waals surface area contributed by atoms with Crippen LogP contribution in [-0.4, -0.2) is 48.1 Å². The molecule has 0 bridgehead atoms. The largest absolute Gasteiger partial charge is 0.464 e. The summed E-state index contributed by atoms with van der Waals surface area (Å²) in [5.74, 6) is -2.24. The Labute approximate surface area is 101 Å². The molecule has 0 fully saturated rings. The van der Waals surface area contributed by atoms with Crippen LogP contribution in [0.3, 0.4) is 0 Å². The molecule has 18 heavy (non-hydrogen) atoms. The van der Waals surface area contributed by atoms with Gasteiger partial charge in [0.2, 0.25) is 0 Å². The van der Waals surface area contributed by atoms with Gasteiger partial charge in [0.1, 0.15) is 0 Å². The summed E-state index contributed by atoms with van der Waals surface area (Å²) in [6, 6.07) is -3.47. The first-order chi connectivity index (χ1) is 8.34. The summed E-state index contributed by atoms with van der Waals surface area (Å²) in [7, 11) is 1.92. The van der Waals surface area contributed by atoms with Crippen LogP contribution in [0, 0.1) is 20.2 Å². The lowest BCUT2D eigenvalue weighted by Gasteiger charge is -2.09. The third kappa shape index (κ3) is 4.31. The van der Waals surface area contributed by atoms with Gasteiger partial charge < -0.3 is 9.47 Å². The number of hydrogen-bond acceptors (Lipinski definition) is 8. The number of nitrogens with zero attached hydrogens (tertiary/aromatic N) is 2. The highest BCUT2D eigenvalue weighted by molar-refractivity contribution is 5.75. The summed E-state index contributed by atoms with van der Waals surface area (Å²) in [5.41, 5.74) is 0. The summed E-state index contributed by atoms with van der Waals surface area (Å²) in [5, 5.41) is 21.1. The van der Waals surface area contributed by atoms with Crippen LogP contribution in [0.25, 0.3) is 0 Å². The highest BCUT2D eigenvalue weighted by Crippen LogP contribution is 2.10. The Morgan fingerprint density at radius 2 is 1.22 bits per heavy atom. The highest BCUT2D eigenvalue weighted by Gasteiger charge is 2.37. The highest BCUT2D eigenvalue weighted by atomic mass is 16.6. The van der Waals surface area contributed by atoms with Crippen molar-refractivity contribution in [3.05, 3.63) is 20.2 Å². The van der Waals surface area contributed by atoms with Crippen molar-refractivity contribution in [3.8, 4) is 0 Å². The van der Waals surface area contributed by atoms with Gasteiger partial charge in [0, 0.05) is 22.7 Å². The minimum atomic E-state index is -1.73. The molecule has 2 unspecified atom stereocenters. The Kier molecular flexibility index (Phi) is 6.24. The van der Waals surface area contributed by atoms with E-state index in [0.717, 1.165) is 14.2 Å². The van der Waals surface area contributed by atoms with E-state index in [1.807, 2.05) is 0 Å². The molecule has 0 aliphatic rings. The first kappa shape index (κ1) is 15.7. The van der Waals surface area contributed by atoms with Crippen LogP contribution in [0.1, 0.15) is 12.8 Å². The Hall–Kier alpha value is -2.26. The molecule has 0 radical (unpaired) electrons. The van der Waals surface area contributed by atoms with Gasteiger partial charge in [-0.3, -0.25) is 20.2 Å². The number of carbonyl (C=O) groups excluding carboxylic acids is 2. The molecule has 0 aliphatic heterocycles. The third-order valence-corrected chi connectivity index (χ3v) is 2.17. The molecule has 2 atom stereocenters. The van der Waals surface area contributed by atoms with Gasteiger partial charge >= 0.3 is 24.0 Å². The monoisotopic (exact) mass is 264 g/mol. The topological polar surface area (TPSA) is 139 Å². The maximum absolute atomic E-state index is 11.0. The fourth-order valence-corrected chi connectivity index (χ4v) is 1.21. The lowest BCUT2D eigenvalue weighted by molar-refractivity contribution is -0.524. The third-order valence-electron chi connectivity index (χ3n) is 2.17. The molecule has 102 valence electrons. The van der Waals surface area contributed by atoms with Crippen LogP contribution in [0.2, 0.25) is 0 Å². The minimum Gasteiger partial charge on any atom is -0.464 e. The zero-order valence-corrected chi connectivity index (χ0v) is 9.73. The lowest BCUT2D eigenvalue weighted by Crippen LogP contribution is -2.36. The summed E-state index contributed by atoms with van der Waals surface area (Å²) in [4.78, 5) is 41.3. The summed E-state index contributed by atoms with van der Waals surface area (Å²) >= 11 is 0. The number of carbonyl (C=O) groups is 2. The first-order valence-electron chi connectivity index (χ1n) is 4.77. The lowest BCUT2D eigenvalue weighted by atomic mass is 10.1. The molecule has 0 aromatic heterocycles. The molecule has 10 heteroatoms. The van der Waals surface area contributed by atoms with Gasteiger partial charge in [0.05, 0.1) is 14.2 Å². The van der Waals surface area contributed by atoms with Gasteiger partial charge in [-0.25, -0.2) is 9.59 Å². The van der Waals surface area contributed by atoms with Gasteiger partial charge in [-0.2, -0.15) is 0 Å². The van der Waals surface area contributed by atoms with Crippen molar-refractivity contribution in [3.63, 3.8) is 0 Å². The predicted molar refractivity (Wildman–Crippen MR) is 54.8 cm³/mol. The Morgan fingerprint density at radius 1 is 0.944 bits per heavy atom. The van der Waals surface area contributed by atoms with E-state index >= 15 is 0 Å². The van der Waals surface area contributed by atoms with Crippen LogP contribution in [-0.2, 0) is 19.1 Å². The molecule has 0 spiro atoms. The SMILES string of the molecule is COC(=O)C(CCC(C(=O)OC)[N+](=O)[O-])[N+](=O)[O-]. The smallest absolute Gasteiger partial charge is 0.381 e. The second-order valence-corrected chi connectivity index (χ2v) is 3.23. The molecule has 0 aliphatic carbocycles. The van der Waals surface area contributed by atoms with Crippen LogP contribution in [0.5, 0.6) is 0 Å². The van der Waals surface area contributed by atoms with Crippen molar-refractivity contribution in [1.82, 2.24) is 0 Å². The minimum absolute atomic E-state index is 0.486. The zero-order valence-electron chi connectivity index (χ0n) is 9.73. The van der Waals surface area contributed by atoms with E-state index in [0.29, 0.717) is 0 Å². The van der Waals surface area contributed by atoms with Crippen LogP contribution in [0.4, 0.5) is 0 Å². The number of rotatable bonds is 7. The van der Waals surface area contributed by atoms with Gasteiger partial charge in [0.25, 0.3) is 0 Å². The molecule has 0 rings (SSSR count). The van der Waals surface area contributed by atoms with Crippen molar-refractivity contribution in [2.45, 2.75) is 24.9 Å². The summed E-state index contributed by atoms with van der Waals surface area (Å²) < 4.78 is 8.37. The second-order valence-electron chi connectivity index (χ2n) is 3.23. The fraction of sp³-hybridized carbons (Fsp3) is 0.750. The van der Waals surface area contributed by atoms with E-state index in [-0.39, 0.29) is 0 Å². The molecular formula is C8H12N2O8. The first-order valence-corrected chi connectivity index (χ1v) is 4.77. The normalized spacial score (nSPS) is 13.2. The Balaban J connectivity index is 4.67. The van der Waals surface area contributed by atoms with Crippen molar-refractivity contribution >= 4 is 11.9 Å². The second kappa shape index (κ2) is 7.14. The van der Waals surface area contributed by atoms with E-state index in [9.17, 15) is 29.8 Å². The van der Waals surface area contributed by atoms with E-state index in [2.05, 4.69) is 9.47 Å². The van der Waals surface area contributed by atoms with E-state index < -0.39 is 46.7 Å². The molecule has 10 nitrogen and oxygen atoms in total. The molecule has 0 aromatic rings. The fourth-order valence-electron chi connectivity index (χ4n) is 1.21. The summed E-state index contributed by atoms with van der Waals surface area (Å²) in [6.07, 6.45) is -0.971. The number of esters is 2. The molecule has 0 heterocycles. The maximum Gasteiger partial charge on any atom is 0.381 e. The predicted octanol–water partition coefficient (Wildman–Crippen LogP) is -0.597. The molecular weight excluding hydrogens is 252 g/mol. The van der Waals surface area contributed by atoms with Crippen LogP contribution < -0.4 is 0 Å². The average molecular weight is 264 g/mol. The van der Waals surface area contributed by atoms with Crippen molar-refractivity contribution in [2.75, 3.05) is 14.2 Å². The van der Waals surface area contributed by atoms with E-state index in [1.165, 1.54) is 0 Å². The molecule has 0 saturated carbocycles. The standard InChI is InChI=1S/C8H12N2O8/c1-17-7(11)5(9(13)14)3-4-6(10(15)16)8(12)18-2/h5-6H,3-4H2,1-2H3. The van der Waals surface area contributed by atoms with Crippen LogP contribution >= 0.6 is 0 Å². The van der Waals surface area contributed by atoms with Crippen molar-refractivity contribution in [1.29, 1.82) is 0 Å². The molecule has 0 aromatic carbocycles. The molecule has 0 saturated heterocycles. The number of hydrogen-bond donors (Lipinski definition) is 0. The van der Waals surface area contributed by atoms with Gasteiger partial charge in [-0.1, -0.05) is 0 Å². The van der Waals surface area contributed by atoms with E-state index in [4.69, 9.17) is 0 Å². The quantitative estimate of drug-likeness (QED) is 0.337. The van der Waals surface area contributed by atoms with Gasteiger partial charge in [-0.05, 0) is 0 Å². The molecule has 0 amide bonds. The Morgan fingerprint density at radius 3 is 1.39 bits per heavy atom. The number of ether oxygens (including phenoxy) is 2. The average Bonchev–Trinajstić information content (AvgIpc) is 2.31. The van der Waals surface area contributed by atoms with Crippen LogP contribution in [0.15, 0.2) is 0 Å². The maximum atomic E-state index is 11.0. The summed E-state index contributed by atoms with van der Waals surface area (Å²) in [6.45, 7) is 0. The zero-order chi connectivity index (χ0) is 14.3. The van der Waals surface area contributed by atoms with Gasteiger partial charge in [0.15, 0.2) is 0 Å².